The number of amides is 1. The third-order valence-corrected chi connectivity index (χ3v) is 4.91. The molecule has 0 saturated heterocycles. The quantitative estimate of drug-likeness (QED) is 0.817. The van der Waals surface area contributed by atoms with Crippen LogP contribution in [-0.2, 0) is 6.54 Å². The number of aryl methyl sites for hydroxylation is 1. The topological polar surface area (TPSA) is 33.2 Å². The van der Waals surface area contributed by atoms with Crippen molar-refractivity contribution in [2.75, 3.05) is 6.54 Å². The molecule has 0 radical (unpaired) electrons. The van der Waals surface area contributed by atoms with Gasteiger partial charge in [-0.2, -0.15) is 0 Å². The predicted octanol–water partition coefficient (Wildman–Crippen LogP) is 4.45. The smallest absolute Gasteiger partial charge is 0.254 e. The van der Waals surface area contributed by atoms with E-state index in [4.69, 9.17) is 0 Å². The van der Waals surface area contributed by atoms with Crippen molar-refractivity contribution in [1.82, 2.24) is 9.88 Å². The van der Waals surface area contributed by atoms with E-state index in [1.807, 2.05) is 24.1 Å². The van der Waals surface area contributed by atoms with Crippen LogP contribution in [0, 0.1) is 12.8 Å². The molecule has 2 heterocycles. The van der Waals surface area contributed by atoms with E-state index in [0.29, 0.717) is 5.92 Å². The molecule has 0 atom stereocenters. The van der Waals surface area contributed by atoms with Gasteiger partial charge in [0.1, 0.15) is 0 Å². The fourth-order valence-electron chi connectivity index (χ4n) is 3.43. The van der Waals surface area contributed by atoms with Gasteiger partial charge >= 0.3 is 0 Å². The Morgan fingerprint density at radius 2 is 2.00 bits per heavy atom. The van der Waals surface area contributed by atoms with Crippen molar-refractivity contribution in [3.8, 4) is 11.1 Å². The summed E-state index contributed by atoms with van der Waals surface area (Å²) in [6.45, 7) is 8.04. The summed E-state index contributed by atoms with van der Waals surface area (Å²) in [6.07, 6.45) is 5.90. The van der Waals surface area contributed by atoms with Crippen LogP contribution in [0.25, 0.3) is 11.1 Å². The number of pyridine rings is 1. The van der Waals surface area contributed by atoms with Gasteiger partial charge in [0, 0.05) is 36.6 Å². The van der Waals surface area contributed by atoms with E-state index >= 15 is 0 Å². The first-order valence-electron chi connectivity index (χ1n) is 8.47. The zero-order chi connectivity index (χ0) is 16.4. The molecule has 2 aromatic rings. The van der Waals surface area contributed by atoms with Crippen LogP contribution >= 0.6 is 0 Å². The zero-order valence-corrected chi connectivity index (χ0v) is 14.2. The molecule has 120 valence electrons. The Bertz CT molecular complexity index is 705. The minimum Gasteiger partial charge on any atom is -0.334 e. The van der Waals surface area contributed by atoms with Crippen molar-refractivity contribution in [1.29, 1.82) is 0 Å². The van der Waals surface area contributed by atoms with Crippen LogP contribution in [0.15, 0.2) is 36.7 Å². The Labute approximate surface area is 138 Å². The molecule has 23 heavy (non-hydrogen) atoms. The molecule has 0 fully saturated rings. The van der Waals surface area contributed by atoms with Crippen molar-refractivity contribution in [3.63, 3.8) is 0 Å². The summed E-state index contributed by atoms with van der Waals surface area (Å²) in [6, 6.07) is 8.27. The van der Waals surface area contributed by atoms with Gasteiger partial charge < -0.3 is 4.90 Å². The summed E-state index contributed by atoms with van der Waals surface area (Å²) < 4.78 is 0. The molecule has 0 saturated carbocycles. The van der Waals surface area contributed by atoms with Crippen molar-refractivity contribution in [2.45, 2.75) is 40.2 Å². The van der Waals surface area contributed by atoms with Crippen LogP contribution in [0.4, 0.5) is 0 Å². The van der Waals surface area contributed by atoms with Crippen molar-refractivity contribution < 1.29 is 4.79 Å². The lowest BCUT2D eigenvalue weighted by Gasteiger charge is -2.21. The van der Waals surface area contributed by atoms with E-state index in [2.05, 4.69) is 37.0 Å². The number of hydrogen-bond donors (Lipinski definition) is 0. The maximum atomic E-state index is 12.7. The lowest BCUT2D eigenvalue weighted by molar-refractivity contribution is 0.0748. The average molecular weight is 308 g/mol. The van der Waals surface area contributed by atoms with E-state index in [1.54, 1.807) is 6.20 Å². The van der Waals surface area contributed by atoms with Crippen LogP contribution in [-0.4, -0.2) is 22.3 Å². The third-order valence-electron chi connectivity index (χ3n) is 4.91. The monoisotopic (exact) mass is 308 g/mol. The van der Waals surface area contributed by atoms with Crippen LogP contribution < -0.4 is 0 Å². The van der Waals surface area contributed by atoms with E-state index in [-0.39, 0.29) is 5.91 Å². The Kier molecular flexibility index (Phi) is 4.46. The second kappa shape index (κ2) is 6.53. The number of hydrogen-bond acceptors (Lipinski definition) is 2. The van der Waals surface area contributed by atoms with Gasteiger partial charge in [0.15, 0.2) is 0 Å². The molecular weight excluding hydrogens is 284 g/mol. The van der Waals surface area contributed by atoms with Gasteiger partial charge in [-0.3, -0.25) is 9.78 Å². The van der Waals surface area contributed by atoms with Gasteiger partial charge in [-0.15, -0.1) is 0 Å². The summed E-state index contributed by atoms with van der Waals surface area (Å²) >= 11 is 0. The highest BCUT2D eigenvalue weighted by Crippen LogP contribution is 2.32. The lowest BCUT2D eigenvalue weighted by Crippen LogP contribution is -2.29. The maximum Gasteiger partial charge on any atom is 0.254 e. The van der Waals surface area contributed by atoms with Crippen molar-refractivity contribution in [3.05, 3.63) is 53.3 Å². The summed E-state index contributed by atoms with van der Waals surface area (Å²) in [5, 5.41) is 0. The molecule has 3 nitrogen and oxygen atoms in total. The summed E-state index contributed by atoms with van der Waals surface area (Å²) in [5.74, 6) is 0.786. The zero-order valence-electron chi connectivity index (χ0n) is 14.2. The molecule has 0 bridgehead atoms. The molecule has 0 aliphatic carbocycles. The molecule has 1 aromatic carbocycles. The number of rotatable bonds is 5. The second-order valence-electron chi connectivity index (χ2n) is 6.44. The molecule has 1 amide bonds. The summed E-state index contributed by atoms with van der Waals surface area (Å²) in [5.41, 5.74) is 5.37. The SMILES string of the molecule is CCC(CC)CN1Cc2cc(-c3cccnc3)cc(C)c2C1=O. The van der Waals surface area contributed by atoms with Crippen LogP contribution in [0.5, 0.6) is 0 Å². The number of aromatic nitrogens is 1. The fourth-order valence-corrected chi connectivity index (χ4v) is 3.43. The molecule has 3 rings (SSSR count). The third kappa shape index (κ3) is 3.00. The first-order valence-corrected chi connectivity index (χ1v) is 8.47. The van der Waals surface area contributed by atoms with Gasteiger partial charge in [0.25, 0.3) is 5.91 Å². The predicted molar refractivity (Wildman–Crippen MR) is 93.2 cm³/mol. The summed E-state index contributed by atoms with van der Waals surface area (Å²) in [4.78, 5) is 19.0. The normalized spacial score (nSPS) is 13.7. The molecular formula is C20H24N2O. The minimum atomic E-state index is 0.196. The Hall–Kier alpha value is -2.16. The molecule has 0 spiro atoms. The van der Waals surface area contributed by atoms with Crippen molar-refractivity contribution >= 4 is 5.91 Å². The first-order chi connectivity index (χ1) is 11.1. The highest BCUT2D eigenvalue weighted by atomic mass is 16.2. The minimum absolute atomic E-state index is 0.196. The number of carbonyl (C=O) groups excluding carboxylic acids is 1. The Morgan fingerprint density at radius 3 is 2.65 bits per heavy atom. The molecule has 0 N–H and O–H groups in total. The fraction of sp³-hybridized carbons (Fsp3) is 0.400. The standard InChI is InChI=1S/C20H24N2O/c1-4-15(5-2)12-22-13-18-10-17(16-7-6-8-21-11-16)9-14(3)19(18)20(22)23/h6-11,15H,4-5,12-13H2,1-3H3. The number of benzene rings is 1. The lowest BCUT2D eigenvalue weighted by atomic mass is 9.97. The van der Waals surface area contributed by atoms with E-state index < -0.39 is 0 Å². The molecule has 1 aromatic heterocycles. The van der Waals surface area contributed by atoms with E-state index in [1.165, 1.54) is 0 Å². The first kappa shape index (κ1) is 15.7. The molecule has 1 aliphatic rings. The summed E-state index contributed by atoms with van der Waals surface area (Å²) in [7, 11) is 0. The number of nitrogens with zero attached hydrogens (tertiary/aromatic N) is 2. The van der Waals surface area contributed by atoms with E-state index in [0.717, 1.165) is 53.7 Å². The molecule has 3 heteroatoms. The highest BCUT2D eigenvalue weighted by molar-refractivity contribution is 6.00. The van der Waals surface area contributed by atoms with Crippen LogP contribution in [0.2, 0.25) is 0 Å². The average Bonchev–Trinajstić information content (AvgIpc) is 2.89. The second-order valence-corrected chi connectivity index (χ2v) is 6.44. The van der Waals surface area contributed by atoms with Crippen molar-refractivity contribution in [2.24, 2.45) is 5.92 Å². The van der Waals surface area contributed by atoms with Gasteiger partial charge in [0.05, 0.1) is 0 Å². The van der Waals surface area contributed by atoms with Crippen LogP contribution in [0.1, 0.15) is 48.2 Å². The van der Waals surface area contributed by atoms with Gasteiger partial charge in [0.2, 0.25) is 0 Å². The van der Waals surface area contributed by atoms with E-state index in [9.17, 15) is 4.79 Å². The van der Waals surface area contributed by atoms with Gasteiger partial charge in [-0.05, 0) is 41.7 Å². The van der Waals surface area contributed by atoms with Gasteiger partial charge in [-0.1, -0.05) is 38.8 Å². The van der Waals surface area contributed by atoms with Crippen LogP contribution in [0.3, 0.4) is 0 Å². The Balaban J connectivity index is 1.91. The highest BCUT2D eigenvalue weighted by Gasteiger charge is 2.30. The Morgan fingerprint density at radius 1 is 1.22 bits per heavy atom. The largest absolute Gasteiger partial charge is 0.334 e. The molecule has 0 unspecified atom stereocenters. The maximum absolute atomic E-state index is 12.7. The molecule has 1 aliphatic heterocycles. The number of carbonyl (C=O) groups is 1. The van der Waals surface area contributed by atoms with Gasteiger partial charge in [-0.25, -0.2) is 0 Å². The number of fused-ring (bicyclic) bond motifs is 1.